The number of hydrogen-bond donors (Lipinski definition) is 0. The summed E-state index contributed by atoms with van der Waals surface area (Å²) >= 11 is 13.0. The SMILES string of the molecule is O=C(c1cc(Br)ccc1Cl)N1CCC(Br)CC1. The highest BCUT2D eigenvalue weighted by atomic mass is 79.9. The molecular weight excluding hydrogens is 369 g/mol. The third-order valence-corrected chi connectivity index (χ3v) is 4.61. The maximum Gasteiger partial charge on any atom is 0.255 e. The first-order chi connectivity index (χ1) is 8.08. The quantitative estimate of drug-likeness (QED) is 0.671. The van der Waals surface area contributed by atoms with Crippen molar-refractivity contribution in [2.75, 3.05) is 13.1 Å². The lowest BCUT2D eigenvalue weighted by Crippen LogP contribution is -2.38. The maximum atomic E-state index is 12.3. The van der Waals surface area contributed by atoms with E-state index >= 15 is 0 Å². The van der Waals surface area contributed by atoms with Crippen molar-refractivity contribution in [3.05, 3.63) is 33.3 Å². The van der Waals surface area contributed by atoms with E-state index in [-0.39, 0.29) is 5.91 Å². The van der Waals surface area contributed by atoms with Gasteiger partial charge in [-0.2, -0.15) is 0 Å². The number of alkyl halides is 1. The summed E-state index contributed by atoms with van der Waals surface area (Å²) in [5.41, 5.74) is 0.578. The van der Waals surface area contributed by atoms with Gasteiger partial charge in [-0.15, -0.1) is 0 Å². The number of benzene rings is 1. The van der Waals surface area contributed by atoms with Crippen LogP contribution >= 0.6 is 43.5 Å². The molecule has 1 fully saturated rings. The molecule has 1 amide bonds. The van der Waals surface area contributed by atoms with Gasteiger partial charge in [-0.3, -0.25) is 4.79 Å². The van der Waals surface area contributed by atoms with Crippen molar-refractivity contribution >= 4 is 49.4 Å². The van der Waals surface area contributed by atoms with Crippen LogP contribution in [0.15, 0.2) is 22.7 Å². The molecule has 1 heterocycles. The Labute approximate surface area is 123 Å². The summed E-state index contributed by atoms with van der Waals surface area (Å²) < 4.78 is 0.876. The molecule has 0 atom stereocenters. The topological polar surface area (TPSA) is 20.3 Å². The number of carbonyl (C=O) groups is 1. The predicted octanol–water partition coefficient (Wildman–Crippen LogP) is 4.10. The highest BCUT2D eigenvalue weighted by Crippen LogP contribution is 2.25. The molecule has 1 aliphatic heterocycles. The van der Waals surface area contributed by atoms with Crippen LogP contribution in [0.1, 0.15) is 23.2 Å². The zero-order valence-electron chi connectivity index (χ0n) is 9.13. The highest BCUT2D eigenvalue weighted by Gasteiger charge is 2.23. The number of halogens is 3. The Morgan fingerprint density at radius 3 is 2.65 bits per heavy atom. The van der Waals surface area contributed by atoms with E-state index in [0.717, 1.165) is 30.4 Å². The molecule has 1 aromatic rings. The van der Waals surface area contributed by atoms with Crippen LogP contribution in [0, 0.1) is 0 Å². The van der Waals surface area contributed by atoms with Crippen LogP contribution in [0.2, 0.25) is 5.02 Å². The fourth-order valence-electron chi connectivity index (χ4n) is 1.88. The van der Waals surface area contributed by atoms with Crippen molar-refractivity contribution in [1.29, 1.82) is 0 Å². The lowest BCUT2D eigenvalue weighted by atomic mass is 10.1. The Bertz CT molecular complexity index is 431. The standard InChI is InChI=1S/C12H12Br2ClNO/c13-8-3-5-16(6-4-8)12(17)10-7-9(14)1-2-11(10)15/h1-2,7-8H,3-6H2. The molecule has 1 saturated heterocycles. The van der Waals surface area contributed by atoms with Gasteiger partial charge in [-0.05, 0) is 31.0 Å². The minimum atomic E-state index is 0.0238. The molecule has 0 unspecified atom stereocenters. The van der Waals surface area contributed by atoms with Crippen LogP contribution in [-0.4, -0.2) is 28.7 Å². The number of hydrogen-bond acceptors (Lipinski definition) is 1. The molecule has 17 heavy (non-hydrogen) atoms. The molecule has 1 aliphatic rings. The van der Waals surface area contributed by atoms with Gasteiger partial charge in [0, 0.05) is 22.4 Å². The fourth-order valence-corrected chi connectivity index (χ4v) is 2.85. The molecular formula is C12H12Br2ClNO. The lowest BCUT2D eigenvalue weighted by Gasteiger charge is -2.29. The number of piperidine rings is 1. The van der Waals surface area contributed by atoms with E-state index in [1.807, 2.05) is 11.0 Å². The molecule has 0 saturated carbocycles. The van der Waals surface area contributed by atoms with E-state index in [0.29, 0.717) is 15.4 Å². The molecule has 5 heteroatoms. The van der Waals surface area contributed by atoms with Gasteiger partial charge in [0.15, 0.2) is 0 Å². The molecule has 92 valence electrons. The number of rotatable bonds is 1. The van der Waals surface area contributed by atoms with Crippen LogP contribution in [-0.2, 0) is 0 Å². The largest absolute Gasteiger partial charge is 0.339 e. The van der Waals surface area contributed by atoms with Crippen molar-refractivity contribution in [2.24, 2.45) is 0 Å². The second-order valence-electron chi connectivity index (χ2n) is 4.09. The van der Waals surface area contributed by atoms with Crippen molar-refractivity contribution in [1.82, 2.24) is 4.90 Å². The third kappa shape index (κ3) is 3.24. The van der Waals surface area contributed by atoms with Gasteiger partial charge in [0.1, 0.15) is 0 Å². The molecule has 0 spiro atoms. The first kappa shape index (κ1) is 13.4. The first-order valence-electron chi connectivity index (χ1n) is 5.46. The smallest absolute Gasteiger partial charge is 0.255 e. The summed E-state index contributed by atoms with van der Waals surface area (Å²) in [4.78, 5) is 14.7. The van der Waals surface area contributed by atoms with E-state index in [1.165, 1.54) is 0 Å². The van der Waals surface area contributed by atoms with E-state index in [4.69, 9.17) is 11.6 Å². The summed E-state index contributed by atoms with van der Waals surface area (Å²) in [6.45, 7) is 1.58. The van der Waals surface area contributed by atoms with Crippen LogP contribution < -0.4 is 0 Å². The summed E-state index contributed by atoms with van der Waals surface area (Å²) in [5.74, 6) is 0.0238. The van der Waals surface area contributed by atoms with Crippen molar-refractivity contribution in [3.63, 3.8) is 0 Å². The minimum Gasteiger partial charge on any atom is -0.339 e. The van der Waals surface area contributed by atoms with Crippen LogP contribution in [0.25, 0.3) is 0 Å². The number of nitrogens with zero attached hydrogens (tertiary/aromatic N) is 1. The Balaban J connectivity index is 2.16. The van der Waals surface area contributed by atoms with E-state index < -0.39 is 0 Å². The molecule has 1 aromatic carbocycles. The molecule has 0 bridgehead atoms. The van der Waals surface area contributed by atoms with Crippen molar-refractivity contribution in [3.8, 4) is 0 Å². The van der Waals surface area contributed by atoms with Crippen LogP contribution in [0.3, 0.4) is 0 Å². The van der Waals surface area contributed by atoms with Crippen molar-refractivity contribution < 1.29 is 4.79 Å². The molecule has 0 radical (unpaired) electrons. The first-order valence-corrected chi connectivity index (χ1v) is 7.55. The van der Waals surface area contributed by atoms with Crippen LogP contribution in [0.5, 0.6) is 0 Å². The highest BCUT2D eigenvalue weighted by molar-refractivity contribution is 9.10. The fraction of sp³-hybridized carbons (Fsp3) is 0.417. The average Bonchev–Trinajstić information content (AvgIpc) is 2.32. The minimum absolute atomic E-state index is 0.0238. The zero-order valence-corrected chi connectivity index (χ0v) is 13.1. The predicted molar refractivity (Wildman–Crippen MR) is 77.0 cm³/mol. The third-order valence-electron chi connectivity index (χ3n) is 2.87. The monoisotopic (exact) mass is 379 g/mol. The van der Waals surface area contributed by atoms with Gasteiger partial charge >= 0.3 is 0 Å². The Kier molecular flexibility index (Phi) is 4.50. The Hall–Kier alpha value is -0.0600. The number of amides is 1. The molecule has 2 rings (SSSR count). The Morgan fingerprint density at radius 1 is 1.35 bits per heavy atom. The van der Waals surface area contributed by atoms with Gasteiger partial charge in [0.25, 0.3) is 5.91 Å². The lowest BCUT2D eigenvalue weighted by molar-refractivity contribution is 0.0728. The van der Waals surface area contributed by atoms with Crippen LogP contribution in [0.4, 0.5) is 0 Å². The summed E-state index contributed by atoms with van der Waals surface area (Å²) in [6, 6.07) is 5.37. The van der Waals surface area contributed by atoms with Gasteiger partial charge < -0.3 is 4.90 Å². The summed E-state index contributed by atoms with van der Waals surface area (Å²) in [6.07, 6.45) is 1.99. The Morgan fingerprint density at radius 2 is 2.00 bits per heavy atom. The van der Waals surface area contributed by atoms with E-state index in [2.05, 4.69) is 31.9 Å². The van der Waals surface area contributed by atoms with Crippen molar-refractivity contribution in [2.45, 2.75) is 17.7 Å². The molecule has 2 nitrogen and oxygen atoms in total. The second kappa shape index (κ2) is 5.72. The van der Waals surface area contributed by atoms with Gasteiger partial charge in [-0.25, -0.2) is 0 Å². The van der Waals surface area contributed by atoms with Gasteiger partial charge in [0.05, 0.1) is 10.6 Å². The maximum absolute atomic E-state index is 12.3. The average molecular weight is 381 g/mol. The molecule has 0 aliphatic carbocycles. The van der Waals surface area contributed by atoms with Gasteiger partial charge in [-0.1, -0.05) is 43.5 Å². The number of carbonyl (C=O) groups excluding carboxylic acids is 1. The van der Waals surface area contributed by atoms with E-state index in [1.54, 1.807) is 12.1 Å². The molecule has 0 aromatic heterocycles. The second-order valence-corrected chi connectivity index (χ2v) is 6.71. The summed E-state index contributed by atoms with van der Waals surface area (Å²) in [5, 5.41) is 0.513. The summed E-state index contributed by atoms with van der Waals surface area (Å²) in [7, 11) is 0. The molecule has 0 N–H and O–H groups in total. The zero-order chi connectivity index (χ0) is 12.4. The van der Waals surface area contributed by atoms with Gasteiger partial charge in [0.2, 0.25) is 0 Å². The van der Waals surface area contributed by atoms with E-state index in [9.17, 15) is 4.79 Å². The number of likely N-dealkylation sites (tertiary alicyclic amines) is 1. The normalized spacial score (nSPS) is 17.2.